The van der Waals surface area contributed by atoms with Gasteiger partial charge < -0.3 is 0 Å². The zero-order valence-corrected chi connectivity index (χ0v) is 10.4. The van der Waals surface area contributed by atoms with E-state index in [1.807, 2.05) is 0 Å². The number of halogens is 3. The second-order valence-electron chi connectivity index (χ2n) is 4.10. The van der Waals surface area contributed by atoms with Gasteiger partial charge in [-0.15, -0.1) is 11.6 Å². The first-order valence-electron chi connectivity index (χ1n) is 5.04. The smallest absolute Gasteiger partial charge is 0.127 e. The largest absolute Gasteiger partial charge is 0.207 e. The standard InChI is InChI=1S/C12H15Cl2F/c1-8(2)10(7-13)5-9-3-4-11(14)6-12(9)15/h3-4,6,8,10H,5,7H2,1-2H3. The number of benzene rings is 1. The summed E-state index contributed by atoms with van der Waals surface area (Å²) in [4.78, 5) is 0. The quantitative estimate of drug-likeness (QED) is 0.687. The van der Waals surface area contributed by atoms with Gasteiger partial charge in [-0.2, -0.15) is 0 Å². The monoisotopic (exact) mass is 248 g/mol. The van der Waals surface area contributed by atoms with Crippen LogP contribution in [0.4, 0.5) is 4.39 Å². The first-order chi connectivity index (χ1) is 7.04. The number of hydrogen-bond donors (Lipinski definition) is 0. The van der Waals surface area contributed by atoms with Gasteiger partial charge in [0.2, 0.25) is 0 Å². The van der Waals surface area contributed by atoms with E-state index >= 15 is 0 Å². The molecule has 0 N–H and O–H groups in total. The van der Waals surface area contributed by atoms with Gasteiger partial charge in [-0.25, -0.2) is 4.39 Å². The highest BCUT2D eigenvalue weighted by molar-refractivity contribution is 6.30. The summed E-state index contributed by atoms with van der Waals surface area (Å²) < 4.78 is 13.5. The summed E-state index contributed by atoms with van der Waals surface area (Å²) in [6, 6.07) is 4.80. The van der Waals surface area contributed by atoms with Crippen molar-refractivity contribution in [2.45, 2.75) is 20.3 Å². The highest BCUT2D eigenvalue weighted by Gasteiger charge is 2.15. The molecule has 1 aromatic carbocycles. The van der Waals surface area contributed by atoms with Crippen molar-refractivity contribution in [1.29, 1.82) is 0 Å². The Kier molecular flexibility index (Phi) is 4.88. The average Bonchev–Trinajstić information content (AvgIpc) is 2.16. The molecular formula is C12H15Cl2F. The van der Waals surface area contributed by atoms with Crippen LogP contribution in [0.2, 0.25) is 5.02 Å². The Bertz CT molecular complexity index is 323. The molecule has 0 amide bonds. The van der Waals surface area contributed by atoms with Crippen molar-refractivity contribution in [3.05, 3.63) is 34.6 Å². The highest BCUT2D eigenvalue weighted by Crippen LogP contribution is 2.22. The first kappa shape index (κ1) is 12.8. The van der Waals surface area contributed by atoms with Crippen molar-refractivity contribution in [1.82, 2.24) is 0 Å². The van der Waals surface area contributed by atoms with Crippen LogP contribution in [0.1, 0.15) is 19.4 Å². The fourth-order valence-electron chi connectivity index (χ4n) is 1.44. The predicted octanol–water partition coefficient (Wildman–Crippen LogP) is 4.53. The van der Waals surface area contributed by atoms with Crippen LogP contribution in [-0.2, 0) is 6.42 Å². The Morgan fingerprint density at radius 1 is 1.33 bits per heavy atom. The van der Waals surface area contributed by atoms with E-state index in [4.69, 9.17) is 23.2 Å². The molecule has 84 valence electrons. The Morgan fingerprint density at radius 2 is 2.00 bits per heavy atom. The van der Waals surface area contributed by atoms with Crippen molar-refractivity contribution >= 4 is 23.2 Å². The van der Waals surface area contributed by atoms with E-state index in [1.165, 1.54) is 6.07 Å². The van der Waals surface area contributed by atoms with Crippen LogP contribution in [0.25, 0.3) is 0 Å². The van der Waals surface area contributed by atoms with E-state index < -0.39 is 0 Å². The second kappa shape index (κ2) is 5.72. The number of hydrogen-bond acceptors (Lipinski definition) is 0. The maximum Gasteiger partial charge on any atom is 0.127 e. The summed E-state index contributed by atoms with van der Waals surface area (Å²) in [6.45, 7) is 4.20. The first-order valence-corrected chi connectivity index (χ1v) is 5.95. The van der Waals surface area contributed by atoms with Crippen molar-refractivity contribution in [3.63, 3.8) is 0 Å². The molecular weight excluding hydrogens is 234 g/mol. The van der Waals surface area contributed by atoms with Crippen molar-refractivity contribution in [2.75, 3.05) is 5.88 Å². The Morgan fingerprint density at radius 3 is 2.47 bits per heavy atom. The molecule has 0 saturated carbocycles. The molecule has 0 radical (unpaired) electrons. The van der Waals surface area contributed by atoms with Crippen LogP contribution >= 0.6 is 23.2 Å². The van der Waals surface area contributed by atoms with E-state index in [-0.39, 0.29) is 5.82 Å². The van der Waals surface area contributed by atoms with E-state index in [0.717, 1.165) is 0 Å². The summed E-state index contributed by atoms with van der Waals surface area (Å²) in [5.74, 6) is 1.08. The normalized spacial score (nSPS) is 13.2. The molecule has 0 aromatic heterocycles. The molecule has 0 bridgehead atoms. The summed E-state index contributed by atoms with van der Waals surface area (Å²) >= 11 is 11.5. The SMILES string of the molecule is CC(C)C(CCl)Cc1ccc(Cl)cc1F. The van der Waals surface area contributed by atoms with Crippen LogP contribution in [0.5, 0.6) is 0 Å². The van der Waals surface area contributed by atoms with Gasteiger partial charge in [-0.3, -0.25) is 0 Å². The predicted molar refractivity (Wildman–Crippen MR) is 64.2 cm³/mol. The van der Waals surface area contributed by atoms with Gasteiger partial charge in [0.15, 0.2) is 0 Å². The van der Waals surface area contributed by atoms with Gasteiger partial charge in [0, 0.05) is 10.9 Å². The minimum atomic E-state index is -0.238. The Labute approximate surface area is 100 Å². The molecule has 3 heteroatoms. The summed E-state index contributed by atoms with van der Waals surface area (Å²) in [5.41, 5.74) is 0.693. The van der Waals surface area contributed by atoms with Crippen molar-refractivity contribution in [2.24, 2.45) is 11.8 Å². The number of rotatable bonds is 4. The van der Waals surface area contributed by atoms with E-state index in [9.17, 15) is 4.39 Å². The van der Waals surface area contributed by atoms with E-state index in [0.29, 0.717) is 34.7 Å². The van der Waals surface area contributed by atoms with Crippen LogP contribution in [0, 0.1) is 17.7 Å². The third-order valence-electron chi connectivity index (χ3n) is 2.64. The molecule has 0 fully saturated rings. The molecule has 0 spiro atoms. The fourth-order valence-corrected chi connectivity index (χ4v) is 2.06. The average molecular weight is 249 g/mol. The molecule has 0 nitrogen and oxygen atoms in total. The molecule has 0 aliphatic carbocycles. The lowest BCUT2D eigenvalue weighted by molar-refractivity contribution is 0.415. The summed E-state index contributed by atoms with van der Waals surface area (Å²) in [7, 11) is 0. The Hall–Kier alpha value is -0.270. The lowest BCUT2D eigenvalue weighted by Crippen LogP contribution is -2.14. The second-order valence-corrected chi connectivity index (χ2v) is 4.84. The third-order valence-corrected chi connectivity index (χ3v) is 3.27. The van der Waals surface area contributed by atoms with Crippen LogP contribution in [-0.4, -0.2) is 5.88 Å². The van der Waals surface area contributed by atoms with E-state index in [1.54, 1.807) is 12.1 Å². The Balaban J connectivity index is 2.79. The number of alkyl halides is 1. The minimum Gasteiger partial charge on any atom is -0.207 e. The summed E-state index contributed by atoms with van der Waals surface area (Å²) in [6.07, 6.45) is 0.671. The molecule has 0 saturated heterocycles. The molecule has 0 aliphatic rings. The zero-order chi connectivity index (χ0) is 11.4. The molecule has 1 unspecified atom stereocenters. The lowest BCUT2D eigenvalue weighted by Gasteiger charge is -2.18. The maximum atomic E-state index is 13.5. The third kappa shape index (κ3) is 3.66. The topological polar surface area (TPSA) is 0 Å². The van der Waals surface area contributed by atoms with Crippen LogP contribution in [0.15, 0.2) is 18.2 Å². The van der Waals surface area contributed by atoms with E-state index in [2.05, 4.69) is 13.8 Å². The van der Waals surface area contributed by atoms with Gasteiger partial charge in [0.1, 0.15) is 5.82 Å². The van der Waals surface area contributed by atoms with Crippen molar-refractivity contribution < 1.29 is 4.39 Å². The van der Waals surface area contributed by atoms with Gasteiger partial charge in [-0.05, 0) is 36.0 Å². The van der Waals surface area contributed by atoms with Gasteiger partial charge in [0.05, 0.1) is 0 Å². The van der Waals surface area contributed by atoms with Gasteiger partial charge >= 0.3 is 0 Å². The highest BCUT2D eigenvalue weighted by atomic mass is 35.5. The molecule has 1 atom stereocenters. The van der Waals surface area contributed by atoms with Crippen LogP contribution < -0.4 is 0 Å². The van der Waals surface area contributed by atoms with Gasteiger partial charge in [-0.1, -0.05) is 31.5 Å². The lowest BCUT2D eigenvalue weighted by atomic mass is 9.91. The molecule has 0 heterocycles. The minimum absolute atomic E-state index is 0.238. The van der Waals surface area contributed by atoms with Crippen LogP contribution in [0.3, 0.4) is 0 Å². The fraction of sp³-hybridized carbons (Fsp3) is 0.500. The zero-order valence-electron chi connectivity index (χ0n) is 8.93. The maximum absolute atomic E-state index is 13.5. The van der Waals surface area contributed by atoms with Crippen molar-refractivity contribution in [3.8, 4) is 0 Å². The molecule has 1 aromatic rings. The molecule has 1 rings (SSSR count). The summed E-state index contributed by atoms with van der Waals surface area (Å²) in [5, 5.41) is 0.434. The molecule has 15 heavy (non-hydrogen) atoms. The molecule has 0 aliphatic heterocycles. The van der Waals surface area contributed by atoms with Gasteiger partial charge in [0.25, 0.3) is 0 Å².